The largest absolute Gasteiger partial charge is 0.176 e. The Morgan fingerprint density at radius 3 is 0.700 bits per heavy atom. The molecule has 0 saturated heterocycles. The van der Waals surface area contributed by atoms with E-state index in [2.05, 4.69) is 252 Å². The summed E-state index contributed by atoms with van der Waals surface area (Å²) in [4.78, 5) is 0. The van der Waals surface area contributed by atoms with Crippen LogP contribution in [0.5, 0.6) is 0 Å². The first-order valence-corrected chi connectivity index (χ1v) is 26.8. The van der Waals surface area contributed by atoms with Gasteiger partial charge in [-0.05, 0) is 270 Å². The summed E-state index contributed by atoms with van der Waals surface area (Å²) in [5.41, 5.74) is 2.89. The highest BCUT2D eigenvalue weighted by Crippen LogP contribution is 2.43. The molecule has 0 N–H and O–H groups in total. The van der Waals surface area contributed by atoms with Crippen LogP contribution >= 0.6 is 0 Å². The zero-order valence-corrected chi connectivity index (χ0v) is 44.8. The molecule has 0 aliphatic carbocycles. The topological polar surface area (TPSA) is 0 Å². The highest BCUT2D eigenvalue weighted by atomic mass is 27.1. The maximum atomic E-state index is 3.11. The summed E-state index contributed by atoms with van der Waals surface area (Å²) in [7, 11) is 0. The molecular formula is C66H42Al4. The van der Waals surface area contributed by atoms with Gasteiger partial charge in [-0.2, -0.15) is 0 Å². The lowest BCUT2D eigenvalue weighted by atomic mass is 9.82. The molecular weight excluding hydrogens is 901 g/mol. The highest BCUT2D eigenvalue weighted by Gasteiger charge is 2.22. The van der Waals surface area contributed by atoms with Crippen molar-refractivity contribution in [1.82, 2.24) is 0 Å². The Morgan fingerprint density at radius 2 is 0.429 bits per heavy atom. The Morgan fingerprint density at radius 1 is 0.200 bits per heavy atom. The van der Waals surface area contributed by atoms with Gasteiger partial charge in [0.25, 0.3) is 0 Å². The summed E-state index contributed by atoms with van der Waals surface area (Å²) >= 11 is 12.3. The molecule has 0 saturated carbocycles. The molecule has 0 amide bonds. The molecule has 0 aromatic heterocycles. The molecule has 70 heavy (non-hydrogen) atoms. The van der Waals surface area contributed by atoms with Crippen LogP contribution in [0.25, 0.3) is 151 Å². The van der Waals surface area contributed by atoms with Crippen LogP contribution in [0, 0.1) is 0 Å². The van der Waals surface area contributed by atoms with Crippen LogP contribution in [-0.4, -0.2) is 65.2 Å². The second-order valence-corrected chi connectivity index (χ2v) is 25.3. The van der Waals surface area contributed by atoms with Crippen LogP contribution in [-0.2, 0) is 10.8 Å². The molecule has 15 rings (SSSR count). The van der Waals surface area contributed by atoms with Gasteiger partial charge < -0.3 is 0 Å². The average molecular weight is 943 g/mol. The van der Waals surface area contributed by atoms with E-state index in [1.54, 1.807) is 0 Å². The van der Waals surface area contributed by atoms with Crippen molar-refractivity contribution in [2.45, 2.75) is 52.4 Å². The number of rotatable bonds is 0. The summed E-state index contributed by atoms with van der Waals surface area (Å²) < 4.78 is 5.01. The molecule has 0 unspecified atom stereocenters. The molecule has 15 aromatic rings. The molecule has 0 atom stereocenters. The van der Waals surface area contributed by atoms with E-state index in [0.29, 0.717) is 0 Å². The molecule has 0 spiro atoms. The molecule has 0 nitrogen and oxygen atoms in total. The van der Waals surface area contributed by atoms with Crippen molar-refractivity contribution in [3.05, 3.63) is 157 Å². The molecule has 0 bridgehead atoms. The summed E-state index contributed by atoms with van der Waals surface area (Å²) in [6.07, 6.45) is 0. The molecule has 0 fully saturated rings. The van der Waals surface area contributed by atoms with Gasteiger partial charge in [0.05, 0.1) is 0 Å². The molecule has 318 valence electrons. The molecule has 8 radical (unpaired) electrons. The first kappa shape index (κ1) is 42.3. The predicted molar refractivity (Wildman–Crippen MR) is 313 cm³/mol. The minimum absolute atomic E-state index is 0.0709. The third-order valence-electron chi connectivity index (χ3n) is 16.2. The van der Waals surface area contributed by atoms with Gasteiger partial charge in [0, 0.05) is 0 Å². The van der Waals surface area contributed by atoms with Crippen molar-refractivity contribution in [2.24, 2.45) is 0 Å². The third-order valence-corrected chi connectivity index (χ3v) is 18.1. The van der Waals surface area contributed by atoms with Crippen LogP contribution in [0.2, 0.25) is 0 Å². The molecule has 0 heterocycles. The van der Waals surface area contributed by atoms with Crippen molar-refractivity contribution < 1.29 is 0 Å². The third kappa shape index (κ3) is 6.02. The van der Waals surface area contributed by atoms with Crippen LogP contribution in [0.1, 0.15) is 52.7 Å². The number of fused-ring (bicyclic) bond motifs is 10. The lowest BCUT2D eigenvalue weighted by Gasteiger charge is -2.23. The quantitative estimate of drug-likeness (QED) is 0.0807. The highest BCUT2D eigenvalue weighted by molar-refractivity contribution is 6.52. The Bertz CT molecular complexity index is 4580. The SMILES string of the molecule is CC(C)(C)c1cc2c[c]([Al])c3cc4cc5cc6cc7cc8cc9cc%10cc%11c(cc%10cc9cc8cc7cc6cc5cc4c4[c]([Al])cc(c1)c2c34)cc1[c]([Al])cc2cc(C(C)(C)C)cc3c[c]([Al])c%11c1c23. The van der Waals surface area contributed by atoms with Crippen LogP contribution < -0.4 is 17.7 Å². The molecule has 0 aliphatic heterocycles. The van der Waals surface area contributed by atoms with E-state index >= 15 is 0 Å². The molecule has 15 aromatic carbocycles. The van der Waals surface area contributed by atoms with Gasteiger partial charge in [-0.25, -0.2) is 0 Å². The van der Waals surface area contributed by atoms with E-state index < -0.39 is 0 Å². The summed E-state index contributed by atoms with van der Waals surface area (Å²) in [5, 5.41) is 36.5. The number of benzene rings is 15. The Hall–Kier alpha value is -5.41. The van der Waals surface area contributed by atoms with E-state index in [-0.39, 0.29) is 10.8 Å². The van der Waals surface area contributed by atoms with E-state index in [1.807, 2.05) is 0 Å². The predicted octanol–water partition coefficient (Wildman–Crippen LogP) is 14.5. The normalized spacial score (nSPS) is 13.2. The van der Waals surface area contributed by atoms with Gasteiger partial charge in [0.15, 0.2) is 65.2 Å². The fourth-order valence-corrected chi connectivity index (χ4v) is 14.4. The van der Waals surface area contributed by atoms with E-state index in [1.165, 1.54) is 180 Å². The fourth-order valence-electron chi connectivity index (χ4n) is 12.6. The Kier molecular flexibility index (Phi) is 8.56. The van der Waals surface area contributed by atoms with Gasteiger partial charge in [0.1, 0.15) is 0 Å². The van der Waals surface area contributed by atoms with Crippen molar-refractivity contribution >= 4 is 234 Å². The minimum atomic E-state index is 0.0709. The zero-order valence-electron chi connectivity index (χ0n) is 40.2. The van der Waals surface area contributed by atoms with Crippen LogP contribution in [0.4, 0.5) is 0 Å². The maximum Gasteiger partial charge on any atom is 0.176 e. The second kappa shape index (κ2) is 14.2. The van der Waals surface area contributed by atoms with Gasteiger partial charge in [0.2, 0.25) is 0 Å². The van der Waals surface area contributed by atoms with Gasteiger partial charge in [-0.1, -0.05) is 90.1 Å². The summed E-state index contributed by atoms with van der Waals surface area (Å²) in [5.74, 6) is 0. The average Bonchev–Trinajstić information content (AvgIpc) is 3.30. The maximum absolute atomic E-state index is 3.11. The number of hydrogen-bond donors (Lipinski definition) is 0. The van der Waals surface area contributed by atoms with E-state index in [0.717, 1.165) is 0 Å². The lowest BCUT2D eigenvalue weighted by molar-refractivity contribution is 0.591. The first-order chi connectivity index (χ1) is 33.5. The first-order valence-electron chi connectivity index (χ1n) is 24.5. The van der Waals surface area contributed by atoms with Gasteiger partial charge in [-0.3, -0.25) is 0 Å². The van der Waals surface area contributed by atoms with Gasteiger partial charge in [-0.15, -0.1) is 17.7 Å². The summed E-state index contributed by atoms with van der Waals surface area (Å²) in [6, 6.07) is 57.9. The molecule has 0 aliphatic rings. The second-order valence-electron chi connectivity index (χ2n) is 22.8. The monoisotopic (exact) mass is 942 g/mol. The minimum Gasteiger partial charge on any atom is -0.131 e. The standard InChI is InChI=1S/C66H42.4Al/c1-65(2,3)55-29-37-9-7-35-15-53-27-49-23-45-19-41-18-44-22-48-26-52-34-60-54(16-36-8-10-38-30-56(66(4,5)6)32-40-12-14-58(60)64(36)62(38)40)28-50(52)24-46(48)20-42(44)17-43(41)21-47(45)25-51(49)33-59(53)57-13-11-39(31-55)61(37)63(35)57;;;;/h9-12,15-34H,1-6H3;;;;. The van der Waals surface area contributed by atoms with E-state index in [9.17, 15) is 0 Å². The smallest absolute Gasteiger partial charge is 0.131 e. The Balaban J connectivity index is 0.888. The Labute approximate surface area is 438 Å². The molecule has 4 heteroatoms. The van der Waals surface area contributed by atoms with Crippen LogP contribution in [0.3, 0.4) is 0 Å². The summed E-state index contributed by atoms with van der Waals surface area (Å²) in [6.45, 7) is 13.9. The lowest BCUT2D eigenvalue weighted by Crippen LogP contribution is -2.14. The van der Waals surface area contributed by atoms with Crippen molar-refractivity contribution in [3.8, 4) is 0 Å². The fraction of sp³-hybridized carbons (Fsp3) is 0.121. The zero-order chi connectivity index (χ0) is 47.6. The van der Waals surface area contributed by atoms with Gasteiger partial charge >= 0.3 is 0 Å². The van der Waals surface area contributed by atoms with Crippen molar-refractivity contribution in [1.29, 1.82) is 0 Å². The van der Waals surface area contributed by atoms with E-state index in [4.69, 9.17) is 0 Å². The van der Waals surface area contributed by atoms with Crippen LogP contribution in [0.15, 0.2) is 146 Å². The van der Waals surface area contributed by atoms with Crippen molar-refractivity contribution in [2.75, 3.05) is 0 Å². The van der Waals surface area contributed by atoms with Crippen molar-refractivity contribution in [3.63, 3.8) is 0 Å². The number of hydrogen-bond acceptors (Lipinski definition) is 0.